The number of carbonyl (C=O) groups is 2. The monoisotopic (exact) mass is 389 g/mol. The average Bonchev–Trinajstić information content (AvgIpc) is 2.82. The highest BCUT2D eigenvalue weighted by Gasteiger charge is 2.26. The van der Waals surface area contributed by atoms with E-state index >= 15 is 0 Å². The Morgan fingerprint density at radius 1 is 1.15 bits per heavy atom. The summed E-state index contributed by atoms with van der Waals surface area (Å²) in [6.45, 7) is 2.10. The van der Waals surface area contributed by atoms with Gasteiger partial charge in [-0.15, -0.1) is 23.1 Å². The number of thiophene rings is 1. The zero-order chi connectivity index (χ0) is 18.5. The number of carbonyl (C=O) groups excluding carboxylic acids is 2. The largest absolute Gasteiger partial charge is 0.465 e. The highest BCUT2D eigenvalue weighted by Crippen LogP contribution is 2.38. The number of amides is 1. The van der Waals surface area contributed by atoms with Crippen molar-refractivity contribution in [1.29, 1.82) is 0 Å². The van der Waals surface area contributed by atoms with E-state index in [1.54, 1.807) is 11.8 Å². The number of esters is 1. The van der Waals surface area contributed by atoms with Crippen molar-refractivity contribution in [2.75, 3.05) is 18.2 Å². The SMILES string of the molecule is CCSc1ccc(C(=O)Nc2sc3c(c2C(=O)OC)CCCCC3)cc1. The standard InChI is InChI=1S/C20H23NO3S2/c1-3-25-14-11-9-13(10-12-14)18(22)21-19-17(20(23)24-2)15-7-5-4-6-8-16(15)26-19/h9-12H,3-8H2,1-2H3,(H,21,22). The van der Waals surface area contributed by atoms with Crippen molar-refractivity contribution < 1.29 is 14.3 Å². The predicted octanol–water partition coefficient (Wildman–Crippen LogP) is 5.17. The van der Waals surface area contributed by atoms with Gasteiger partial charge in [-0.05, 0) is 61.3 Å². The van der Waals surface area contributed by atoms with Crippen molar-refractivity contribution >= 4 is 40.0 Å². The lowest BCUT2D eigenvalue weighted by Gasteiger charge is -2.08. The van der Waals surface area contributed by atoms with E-state index in [1.807, 2.05) is 24.3 Å². The van der Waals surface area contributed by atoms with Gasteiger partial charge in [-0.3, -0.25) is 4.79 Å². The molecule has 0 fully saturated rings. The van der Waals surface area contributed by atoms with E-state index in [-0.39, 0.29) is 11.9 Å². The highest BCUT2D eigenvalue weighted by molar-refractivity contribution is 7.99. The first-order chi connectivity index (χ1) is 12.6. The molecule has 1 aromatic heterocycles. The van der Waals surface area contributed by atoms with E-state index in [1.165, 1.54) is 29.7 Å². The van der Waals surface area contributed by atoms with Gasteiger partial charge in [0, 0.05) is 15.3 Å². The Labute approximate surface area is 162 Å². The molecule has 2 aromatic rings. The third-order valence-corrected chi connectivity index (χ3v) is 6.57. The Morgan fingerprint density at radius 2 is 1.88 bits per heavy atom. The molecule has 3 rings (SSSR count). The molecule has 6 heteroatoms. The smallest absolute Gasteiger partial charge is 0.341 e. The molecule has 1 aliphatic rings. The summed E-state index contributed by atoms with van der Waals surface area (Å²) >= 11 is 3.25. The molecule has 1 aromatic carbocycles. The lowest BCUT2D eigenvalue weighted by molar-refractivity contribution is 0.0601. The van der Waals surface area contributed by atoms with Crippen molar-refractivity contribution in [2.24, 2.45) is 0 Å². The summed E-state index contributed by atoms with van der Waals surface area (Å²) in [5.74, 6) is 0.434. The van der Waals surface area contributed by atoms with Gasteiger partial charge in [-0.2, -0.15) is 0 Å². The van der Waals surface area contributed by atoms with Crippen LogP contribution < -0.4 is 5.32 Å². The number of aryl methyl sites for hydroxylation is 1. The molecular formula is C20H23NO3S2. The van der Waals surface area contributed by atoms with Crippen LogP contribution >= 0.6 is 23.1 Å². The maximum Gasteiger partial charge on any atom is 0.341 e. The lowest BCUT2D eigenvalue weighted by atomic mass is 10.1. The number of rotatable bonds is 5. The predicted molar refractivity (Wildman–Crippen MR) is 108 cm³/mol. The second-order valence-electron chi connectivity index (χ2n) is 6.17. The van der Waals surface area contributed by atoms with Crippen LogP contribution in [-0.2, 0) is 17.6 Å². The summed E-state index contributed by atoms with van der Waals surface area (Å²) in [4.78, 5) is 27.4. The molecule has 1 heterocycles. The van der Waals surface area contributed by atoms with Gasteiger partial charge in [0.1, 0.15) is 5.00 Å². The van der Waals surface area contributed by atoms with E-state index in [0.717, 1.165) is 41.9 Å². The molecule has 0 radical (unpaired) electrons. The molecule has 0 saturated carbocycles. The zero-order valence-corrected chi connectivity index (χ0v) is 16.7. The van der Waals surface area contributed by atoms with E-state index in [0.29, 0.717) is 16.1 Å². The van der Waals surface area contributed by atoms with Crippen molar-refractivity contribution in [1.82, 2.24) is 0 Å². The first-order valence-corrected chi connectivity index (χ1v) is 10.7. The summed E-state index contributed by atoms with van der Waals surface area (Å²) in [5.41, 5.74) is 2.19. The van der Waals surface area contributed by atoms with Crippen LogP contribution in [0.15, 0.2) is 29.2 Å². The first-order valence-electron chi connectivity index (χ1n) is 8.91. The number of methoxy groups -OCH3 is 1. The molecule has 1 aliphatic carbocycles. The van der Waals surface area contributed by atoms with Gasteiger partial charge in [0.2, 0.25) is 0 Å². The summed E-state index contributed by atoms with van der Waals surface area (Å²) < 4.78 is 4.99. The summed E-state index contributed by atoms with van der Waals surface area (Å²) in [7, 11) is 1.39. The number of hydrogen-bond donors (Lipinski definition) is 1. The minimum Gasteiger partial charge on any atom is -0.465 e. The van der Waals surface area contributed by atoms with Crippen LogP contribution in [0.4, 0.5) is 5.00 Å². The normalized spacial score (nSPS) is 13.6. The number of anilines is 1. The van der Waals surface area contributed by atoms with Crippen molar-refractivity contribution in [3.8, 4) is 0 Å². The van der Waals surface area contributed by atoms with Crippen LogP contribution in [0, 0.1) is 0 Å². The molecule has 26 heavy (non-hydrogen) atoms. The molecule has 4 nitrogen and oxygen atoms in total. The van der Waals surface area contributed by atoms with E-state index in [2.05, 4.69) is 12.2 Å². The van der Waals surface area contributed by atoms with Crippen molar-refractivity contribution in [2.45, 2.75) is 43.9 Å². The van der Waals surface area contributed by atoms with E-state index in [9.17, 15) is 9.59 Å². The van der Waals surface area contributed by atoms with Gasteiger partial charge in [0.25, 0.3) is 5.91 Å². The van der Waals surface area contributed by atoms with Crippen LogP contribution in [0.1, 0.15) is 57.3 Å². The fraction of sp³-hybridized carbons (Fsp3) is 0.400. The highest BCUT2D eigenvalue weighted by atomic mass is 32.2. The molecule has 0 spiro atoms. The summed E-state index contributed by atoms with van der Waals surface area (Å²) in [6, 6.07) is 7.55. The molecule has 1 N–H and O–H groups in total. The van der Waals surface area contributed by atoms with Crippen molar-refractivity contribution in [3.63, 3.8) is 0 Å². The summed E-state index contributed by atoms with van der Waals surface area (Å²) in [5, 5.41) is 3.55. The molecule has 0 aliphatic heterocycles. The number of ether oxygens (including phenoxy) is 1. The molecule has 0 saturated heterocycles. The Hall–Kier alpha value is -1.79. The number of benzene rings is 1. The van der Waals surface area contributed by atoms with Gasteiger partial charge in [-0.1, -0.05) is 13.3 Å². The van der Waals surface area contributed by atoms with Crippen LogP contribution in [0.3, 0.4) is 0 Å². The molecule has 1 amide bonds. The Bertz CT molecular complexity index is 796. The van der Waals surface area contributed by atoms with Crippen LogP contribution in [0.25, 0.3) is 0 Å². The van der Waals surface area contributed by atoms with E-state index < -0.39 is 0 Å². The van der Waals surface area contributed by atoms with Crippen LogP contribution in [0.5, 0.6) is 0 Å². The second kappa shape index (κ2) is 8.73. The van der Waals surface area contributed by atoms with Gasteiger partial charge < -0.3 is 10.1 Å². The molecule has 0 unspecified atom stereocenters. The number of nitrogens with one attached hydrogen (secondary N) is 1. The Balaban J connectivity index is 1.86. The second-order valence-corrected chi connectivity index (χ2v) is 8.61. The number of thioether (sulfide) groups is 1. The first kappa shape index (κ1) is 19.0. The molecule has 0 atom stereocenters. The van der Waals surface area contributed by atoms with Gasteiger partial charge in [0.15, 0.2) is 0 Å². The maximum atomic E-state index is 12.7. The topological polar surface area (TPSA) is 55.4 Å². The van der Waals surface area contributed by atoms with Gasteiger partial charge in [-0.25, -0.2) is 4.79 Å². The minimum atomic E-state index is -0.366. The fourth-order valence-electron chi connectivity index (χ4n) is 3.19. The molecular weight excluding hydrogens is 366 g/mol. The van der Waals surface area contributed by atoms with Crippen molar-refractivity contribution in [3.05, 3.63) is 45.8 Å². The zero-order valence-electron chi connectivity index (χ0n) is 15.1. The van der Waals surface area contributed by atoms with Gasteiger partial charge in [0.05, 0.1) is 12.7 Å². The average molecular weight is 390 g/mol. The van der Waals surface area contributed by atoms with Crippen LogP contribution in [-0.4, -0.2) is 24.7 Å². The van der Waals surface area contributed by atoms with E-state index in [4.69, 9.17) is 4.74 Å². The third-order valence-electron chi connectivity index (χ3n) is 4.47. The minimum absolute atomic E-state index is 0.195. The van der Waals surface area contributed by atoms with Gasteiger partial charge >= 0.3 is 5.97 Å². The molecule has 0 bridgehead atoms. The third kappa shape index (κ3) is 4.13. The Morgan fingerprint density at radius 3 is 2.58 bits per heavy atom. The number of fused-ring (bicyclic) bond motifs is 1. The quantitative estimate of drug-likeness (QED) is 0.435. The molecule has 138 valence electrons. The fourth-order valence-corrected chi connectivity index (χ4v) is 5.13. The lowest BCUT2D eigenvalue weighted by Crippen LogP contribution is -2.14. The Kier molecular flexibility index (Phi) is 6.38. The maximum absolute atomic E-state index is 12.7. The summed E-state index contributed by atoms with van der Waals surface area (Å²) in [6.07, 6.45) is 5.19. The number of hydrogen-bond acceptors (Lipinski definition) is 5. The van der Waals surface area contributed by atoms with Crippen LogP contribution in [0.2, 0.25) is 0 Å².